The van der Waals surface area contributed by atoms with Gasteiger partial charge in [0, 0.05) is 12.6 Å². The van der Waals surface area contributed by atoms with E-state index in [0.717, 1.165) is 0 Å². The van der Waals surface area contributed by atoms with E-state index in [2.05, 4.69) is 4.98 Å². The van der Waals surface area contributed by atoms with Crippen molar-refractivity contribution in [2.24, 2.45) is 0 Å². The van der Waals surface area contributed by atoms with Gasteiger partial charge in [-0.2, -0.15) is 4.40 Å². The minimum atomic E-state index is -0.952. The first-order valence-corrected chi connectivity index (χ1v) is 6.49. The number of carboxylic acid groups (broad SMARTS) is 1. The quantitative estimate of drug-likeness (QED) is 0.640. The third-order valence-electron chi connectivity index (χ3n) is 3.35. The zero-order chi connectivity index (χ0) is 15.6. The van der Waals surface area contributed by atoms with Crippen LogP contribution in [0.4, 0.5) is 5.82 Å². The maximum Gasteiger partial charge on any atom is 0.352 e. The second-order valence-corrected chi connectivity index (χ2v) is 4.75. The molecule has 2 aromatic heterocycles. The highest BCUT2D eigenvalue weighted by Gasteiger charge is 2.27. The van der Waals surface area contributed by atoms with Crippen LogP contribution in [0.3, 0.4) is 0 Å². The molecule has 0 fully saturated rings. The molecular formula is C13H16N4O4. The number of hydrogen-bond donors (Lipinski definition) is 1. The predicted molar refractivity (Wildman–Crippen MR) is 75.0 cm³/mol. The Morgan fingerprint density at radius 2 is 2.29 bits per heavy atom. The molecule has 0 saturated carbocycles. The molecular weight excluding hydrogens is 276 g/mol. The molecule has 8 heteroatoms. The average Bonchev–Trinajstić information content (AvgIpc) is 2.76. The van der Waals surface area contributed by atoms with Crippen molar-refractivity contribution < 1.29 is 14.8 Å². The lowest BCUT2D eigenvalue weighted by Crippen LogP contribution is -2.37. The summed E-state index contributed by atoms with van der Waals surface area (Å²) in [6.07, 6.45) is 1.98. The number of nitrogens with zero attached hydrogens (tertiary/aromatic N) is 4. The number of aromatic nitrogens is 2. The van der Waals surface area contributed by atoms with E-state index in [0.29, 0.717) is 12.1 Å². The highest BCUT2D eigenvalue weighted by Crippen LogP contribution is 2.22. The third-order valence-corrected chi connectivity index (χ3v) is 3.35. The molecule has 0 saturated heterocycles. The number of aliphatic carboxylic acids is 1. The lowest BCUT2D eigenvalue weighted by atomic mass is 10.2. The fraction of sp³-hybridized carbons (Fsp3) is 0.385. The highest BCUT2D eigenvalue weighted by molar-refractivity contribution is 5.73. The predicted octanol–water partition coefficient (Wildman–Crippen LogP) is 1.54. The number of carbonyl (C=O) groups is 1. The van der Waals surface area contributed by atoms with Gasteiger partial charge in [-0.1, -0.05) is 13.0 Å². The van der Waals surface area contributed by atoms with Crippen molar-refractivity contribution in [1.29, 1.82) is 0 Å². The highest BCUT2D eigenvalue weighted by atomic mass is 16.6. The van der Waals surface area contributed by atoms with Crippen LogP contribution in [0.25, 0.3) is 5.65 Å². The van der Waals surface area contributed by atoms with E-state index in [-0.39, 0.29) is 18.1 Å². The van der Waals surface area contributed by atoms with Gasteiger partial charge in [0.25, 0.3) is 0 Å². The topological polar surface area (TPSA) is 101 Å². The number of imidazole rings is 1. The Bertz CT molecular complexity index is 682. The van der Waals surface area contributed by atoms with E-state index < -0.39 is 16.9 Å². The van der Waals surface area contributed by atoms with Gasteiger partial charge < -0.3 is 15.2 Å². The van der Waals surface area contributed by atoms with Crippen molar-refractivity contribution >= 4 is 17.4 Å². The summed E-state index contributed by atoms with van der Waals surface area (Å²) in [7, 11) is 1.62. The van der Waals surface area contributed by atoms with Crippen LogP contribution in [-0.4, -0.2) is 43.4 Å². The monoisotopic (exact) mass is 292 g/mol. The van der Waals surface area contributed by atoms with Gasteiger partial charge in [-0.25, -0.2) is 4.98 Å². The van der Waals surface area contributed by atoms with E-state index in [4.69, 9.17) is 5.11 Å². The van der Waals surface area contributed by atoms with Crippen LogP contribution in [0.2, 0.25) is 0 Å². The molecule has 2 aromatic rings. The maximum absolute atomic E-state index is 11.3. The second kappa shape index (κ2) is 5.88. The summed E-state index contributed by atoms with van der Waals surface area (Å²) in [5, 5.41) is 20.4. The molecule has 1 atom stereocenters. The van der Waals surface area contributed by atoms with Crippen molar-refractivity contribution in [2.75, 3.05) is 7.05 Å². The van der Waals surface area contributed by atoms with Gasteiger partial charge in [-0.3, -0.25) is 9.69 Å². The van der Waals surface area contributed by atoms with Crippen LogP contribution < -0.4 is 0 Å². The van der Waals surface area contributed by atoms with E-state index >= 15 is 0 Å². The minimum Gasteiger partial charge on any atom is -0.480 e. The standard InChI is InChI=1S/C13H16N4O4/c1-3-10(13(18)19)15(2)8-9-12(17(20)21)16-7-5-4-6-11(16)14-9/h4-7,10H,3,8H2,1-2H3,(H,18,19). The second-order valence-electron chi connectivity index (χ2n) is 4.75. The molecule has 112 valence electrons. The zero-order valence-corrected chi connectivity index (χ0v) is 11.8. The molecule has 21 heavy (non-hydrogen) atoms. The zero-order valence-electron chi connectivity index (χ0n) is 11.8. The smallest absolute Gasteiger partial charge is 0.352 e. The number of hydrogen-bond acceptors (Lipinski definition) is 5. The molecule has 0 aliphatic heterocycles. The summed E-state index contributed by atoms with van der Waals surface area (Å²) in [6.45, 7) is 1.86. The van der Waals surface area contributed by atoms with E-state index in [1.165, 1.54) is 4.40 Å². The molecule has 1 unspecified atom stereocenters. The molecule has 2 heterocycles. The first-order chi connectivity index (χ1) is 9.95. The first-order valence-electron chi connectivity index (χ1n) is 6.49. The van der Waals surface area contributed by atoms with Crippen molar-refractivity contribution in [3.63, 3.8) is 0 Å². The van der Waals surface area contributed by atoms with Gasteiger partial charge in [0.15, 0.2) is 5.69 Å². The average molecular weight is 292 g/mol. The Morgan fingerprint density at radius 1 is 1.57 bits per heavy atom. The lowest BCUT2D eigenvalue weighted by molar-refractivity contribution is -0.391. The largest absolute Gasteiger partial charge is 0.480 e. The van der Waals surface area contributed by atoms with Crippen molar-refractivity contribution in [2.45, 2.75) is 25.9 Å². The van der Waals surface area contributed by atoms with Crippen LogP contribution in [0, 0.1) is 10.1 Å². The number of fused-ring (bicyclic) bond motifs is 1. The van der Waals surface area contributed by atoms with Crippen molar-refractivity contribution in [3.8, 4) is 0 Å². The first kappa shape index (κ1) is 14.9. The Hall–Kier alpha value is -2.48. The lowest BCUT2D eigenvalue weighted by Gasteiger charge is -2.22. The fourth-order valence-electron chi connectivity index (χ4n) is 2.35. The van der Waals surface area contributed by atoms with Crippen LogP contribution in [-0.2, 0) is 11.3 Å². The van der Waals surface area contributed by atoms with Crippen LogP contribution in [0.5, 0.6) is 0 Å². The molecule has 8 nitrogen and oxygen atoms in total. The van der Waals surface area contributed by atoms with Gasteiger partial charge in [-0.05, 0) is 24.5 Å². The summed E-state index contributed by atoms with van der Waals surface area (Å²) >= 11 is 0. The summed E-state index contributed by atoms with van der Waals surface area (Å²) in [5.41, 5.74) is 0.726. The van der Waals surface area contributed by atoms with Gasteiger partial charge in [-0.15, -0.1) is 0 Å². The van der Waals surface area contributed by atoms with Gasteiger partial charge in [0.05, 0.1) is 6.20 Å². The maximum atomic E-state index is 11.3. The Balaban J connectivity index is 2.40. The van der Waals surface area contributed by atoms with Gasteiger partial charge >= 0.3 is 11.8 Å². The third kappa shape index (κ3) is 2.84. The molecule has 1 N–H and O–H groups in total. The molecule has 0 radical (unpaired) electrons. The molecule has 0 amide bonds. The Kier molecular flexibility index (Phi) is 4.18. The number of carboxylic acids is 1. The molecule has 0 bridgehead atoms. The van der Waals surface area contributed by atoms with Crippen LogP contribution in [0.15, 0.2) is 24.4 Å². The van der Waals surface area contributed by atoms with Crippen LogP contribution >= 0.6 is 0 Å². The molecule has 0 spiro atoms. The fourth-order valence-corrected chi connectivity index (χ4v) is 2.35. The summed E-state index contributed by atoms with van der Waals surface area (Å²) in [6, 6.07) is 4.40. The van der Waals surface area contributed by atoms with Gasteiger partial charge in [0.2, 0.25) is 5.65 Å². The molecule has 0 aromatic carbocycles. The number of nitro groups is 1. The van der Waals surface area contributed by atoms with Crippen molar-refractivity contribution in [3.05, 3.63) is 40.2 Å². The number of likely N-dealkylation sites (N-methyl/N-ethyl adjacent to an activating group) is 1. The summed E-state index contributed by atoms with van der Waals surface area (Å²) in [4.78, 5) is 27.7. The van der Waals surface area contributed by atoms with Crippen molar-refractivity contribution in [1.82, 2.24) is 14.3 Å². The molecule has 2 rings (SSSR count). The number of rotatable bonds is 6. The van der Waals surface area contributed by atoms with E-state index in [1.807, 2.05) is 0 Å². The number of pyridine rings is 1. The van der Waals surface area contributed by atoms with Gasteiger partial charge in [0.1, 0.15) is 6.04 Å². The Morgan fingerprint density at radius 3 is 2.86 bits per heavy atom. The summed E-state index contributed by atoms with van der Waals surface area (Å²) < 4.78 is 1.39. The van der Waals surface area contributed by atoms with E-state index in [1.54, 1.807) is 43.3 Å². The molecule has 0 aliphatic carbocycles. The SMILES string of the molecule is CCC(C(=O)O)N(C)Cc1nc2ccccn2c1[N+](=O)[O-]. The molecule has 0 aliphatic rings. The summed E-state index contributed by atoms with van der Waals surface area (Å²) in [5.74, 6) is -1.08. The Labute approximate surface area is 120 Å². The minimum absolute atomic E-state index is 0.100. The van der Waals surface area contributed by atoms with E-state index in [9.17, 15) is 14.9 Å². The van der Waals surface area contributed by atoms with Crippen LogP contribution in [0.1, 0.15) is 19.0 Å². The normalized spacial score (nSPS) is 12.7.